The van der Waals surface area contributed by atoms with Crippen LogP contribution in [0.5, 0.6) is 0 Å². The number of carbonyl (C=O) groups excluding carboxylic acids is 1. The lowest BCUT2D eigenvalue weighted by molar-refractivity contribution is -0.136. The molecule has 0 atom stereocenters. The van der Waals surface area contributed by atoms with Gasteiger partial charge in [-0.2, -0.15) is 0 Å². The lowest BCUT2D eigenvalue weighted by atomic mass is 10.0. The van der Waals surface area contributed by atoms with E-state index in [-0.39, 0.29) is 28.6 Å². The molecule has 3 aromatic rings. The summed E-state index contributed by atoms with van der Waals surface area (Å²) in [7, 11) is -1.94. The Labute approximate surface area is 187 Å². The number of carbonyl (C=O) groups is 2. The van der Waals surface area contributed by atoms with Gasteiger partial charge in [0.25, 0.3) is 0 Å². The molecule has 2 N–H and O–H groups in total. The summed E-state index contributed by atoms with van der Waals surface area (Å²) in [5.74, 6) is -1.38. The molecule has 6 nitrogen and oxygen atoms in total. The Balaban J connectivity index is 1.94. The van der Waals surface area contributed by atoms with Gasteiger partial charge in [-0.15, -0.1) is 0 Å². The molecule has 1 aromatic carbocycles. The number of nitrogens with one attached hydrogen (secondary N) is 1. The summed E-state index contributed by atoms with van der Waals surface area (Å²) in [6.07, 6.45) is 1.30. The highest BCUT2D eigenvalue weighted by Gasteiger charge is 2.37. The van der Waals surface area contributed by atoms with Crippen molar-refractivity contribution in [3.8, 4) is 0 Å². The van der Waals surface area contributed by atoms with Crippen LogP contribution in [0.3, 0.4) is 0 Å². The molecule has 2 heterocycles. The van der Waals surface area contributed by atoms with E-state index >= 15 is 0 Å². The van der Waals surface area contributed by atoms with Crippen LogP contribution in [0.15, 0.2) is 36.5 Å². The third-order valence-electron chi connectivity index (χ3n) is 5.89. The van der Waals surface area contributed by atoms with Crippen LogP contribution < -0.4 is 0 Å². The van der Waals surface area contributed by atoms with Gasteiger partial charge in [0.1, 0.15) is 5.69 Å². The smallest absolute Gasteiger partial charge is 0.307 e. The second-order valence-electron chi connectivity index (χ2n) is 9.17. The third-order valence-corrected chi connectivity index (χ3v) is 10.6. The van der Waals surface area contributed by atoms with E-state index in [1.165, 1.54) is 0 Å². The highest BCUT2D eigenvalue weighted by atomic mass is 35.5. The topological polar surface area (TPSA) is 92.3 Å². The number of fused-ring (bicyclic) bond motifs is 1. The Bertz CT molecular complexity index is 1150. The first-order chi connectivity index (χ1) is 14.4. The van der Waals surface area contributed by atoms with Crippen molar-refractivity contribution in [2.75, 3.05) is 0 Å². The molecule has 8 heteroatoms. The van der Waals surface area contributed by atoms with Crippen molar-refractivity contribution < 1.29 is 19.1 Å². The molecule has 0 aliphatic carbocycles. The van der Waals surface area contributed by atoms with E-state index in [0.717, 1.165) is 5.56 Å². The first-order valence-corrected chi connectivity index (χ1v) is 13.3. The predicted molar refractivity (Wildman–Crippen MR) is 124 cm³/mol. The van der Waals surface area contributed by atoms with E-state index in [1.54, 1.807) is 30.5 Å². The Morgan fingerprint density at radius 2 is 1.90 bits per heavy atom. The Morgan fingerprint density at radius 1 is 1.19 bits per heavy atom. The molecule has 0 aliphatic heterocycles. The summed E-state index contributed by atoms with van der Waals surface area (Å²) in [4.78, 5) is 32.0. The maximum absolute atomic E-state index is 13.3. The van der Waals surface area contributed by atoms with Crippen molar-refractivity contribution >= 4 is 42.6 Å². The van der Waals surface area contributed by atoms with Crippen LogP contribution in [-0.4, -0.2) is 35.1 Å². The van der Waals surface area contributed by atoms with Gasteiger partial charge in [-0.1, -0.05) is 38.4 Å². The van der Waals surface area contributed by atoms with E-state index in [1.807, 2.05) is 6.07 Å². The maximum Gasteiger partial charge on any atom is 0.307 e. The van der Waals surface area contributed by atoms with Crippen LogP contribution in [-0.2, 0) is 22.2 Å². The first-order valence-electron chi connectivity index (χ1n) is 10.0. The van der Waals surface area contributed by atoms with Crippen LogP contribution in [0.4, 0.5) is 0 Å². The predicted octanol–water partition coefficient (Wildman–Crippen LogP) is 5.60. The van der Waals surface area contributed by atoms with Crippen LogP contribution in [0.25, 0.3) is 10.9 Å². The molecule has 0 saturated heterocycles. The summed E-state index contributed by atoms with van der Waals surface area (Å²) in [6, 6.07) is 8.61. The molecule has 0 saturated carbocycles. The van der Waals surface area contributed by atoms with Crippen LogP contribution in [0.1, 0.15) is 48.1 Å². The number of rotatable bonds is 7. The van der Waals surface area contributed by atoms with E-state index in [4.69, 9.17) is 16.0 Å². The Kier molecular flexibility index (Phi) is 6.41. The fourth-order valence-corrected chi connectivity index (χ4v) is 4.19. The van der Waals surface area contributed by atoms with Crippen molar-refractivity contribution in [1.82, 2.24) is 9.97 Å². The monoisotopic (exact) mass is 458 g/mol. The average molecular weight is 459 g/mol. The number of aromatic nitrogens is 2. The number of nitrogens with zero attached hydrogens (tertiary/aromatic N) is 1. The van der Waals surface area contributed by atoms with Crippen molar-refractivity contribution in [3.05, 3.63) is 64.1 Å². The molecule has 0 unspecified atom stereocenters. The number of halogens is 1. The minimum absolute atomic E-state index is 0.0794. The summed E-state index contributed by atoms with van der Waals surface area (Å²) in [6.45, 7) is 11.3. The highest BCUT2D eigenvalue weighted by Crippen LogP contribution is 2.37. The zero-order valence-electron chi connectivity index (χ0n) is 18.4. The standard InChI is InChI=1S/C23H27ClN2O4Si/c1-23(2,3)31(4,5)30-13-14-8-9-25-19(10-14)22(29)21-17(12-20(27)28)16-7-6-15(24)11-18(16)26-21/h6-11,26H,12-13H2,1-5H3,(H,27,28). The van der Waals surface area contributed by atoms with Gasteiger partial charge >= 0.3 is 5.97 Å². The zero-order chi connectivity index (χ0) is 23.0. The summed E-state index contributed by atoms with van der Waals surface area (Å²) in [5, 5.41) is 10.6. The quantitative estimate of drug-likeness (QED) is 0.355. The van der Waals surface area contributed by atoms with Gasteiger partial charge < -0.3 is 14.5 Å². The van der Waals surface area contributed by atoms with Crippen molar-refractivity contribution in [1.29, 1.82) is 0 Å². The molecule has 0 fully saturated rings. The molecule has 0 spiro atoms. The first kappa shape index (κ1) is 23.2. The lowest BCUT2D eigenvalue weighted by Gasteiger charge is -2.36. The zero-order valence-corrected chi connectivity index (χ0v) is 20.1. The number of hydrogen-bond donors (Lipinski definition) is 2. The highest BCUT2D eigenvalue weighted by molar-refractivity contribution is 6.74. The SMILES string of the molecule is CC(C)(C)[Si](C)(C)OCc1ccnc(C(=O)c2[nH]c3cc(Cl)ccc3c2CC(=O)O)c1. The Morgan fingerprint density at radius 3 is 2.55 bits per heavy atom. The lowest BCUT2D eigenvalue weighted by Crippen LogP contribution is -2.40. The van der Waals surface area contributed by atoms with E-state index < -0.39 is 14.3 Å². The van der Waals surface area contributed by atoms with Crippen molar-refractivity contribution in [3.63, 3.8) is 0 Å². The van der Waals surface area contributed by atoms with Crippen LogP contribution >= 0.6 is 11.6 Å². The van der Waals surface area contributed by atoms with Crippen LogP contribution in [0.2, 0.25) is 23.2 Å². The molecule has 31 heavy (non-hydrogen) atoms. The van der Waals surface area contributed by atoms with Gasteiger partial charge in [-0.05, 0) is 48.0 Å². The number of H-pyrrole nitrogens is 1. The molecule has 3 rings (SSSR count). The fraction of sp³-hybridized carbons (Fsp3) is 0.348. The number of hydrogen-bond acceptors (Lipinski definition) is 4. The number of benzene rings is 1. The molecule has 0 bridgehead atoms. The number of carboxylic acid groups (broad SMARTS) is 1. The summed E-state index contributed by atoms with van der Waals surface area (Å²) < 4.78 is 6.26. The number of pyridine rings is 1. The van der Waals surface area contributed by atoms with Gasteiger partial charge in [-0.3, -0.25) is 14.6 Å². The largest absolute Gasteiger partial charge is 0.481 e. The molecule has 0 radical (unpaired) electrons. The number of carboxylic acids is 1. The summed E-state index contributed by atoms with van der Waals surface area (Å²) in [5.41, 5.74) is 2.34. The normalized spacial score (nSPS) is 12.3. The molecule has 0 amide bonds. The Hall–Kier alpha value is -2.48. The minimum Gasteiger partial charge on any atom is -0.481 e. The van der Waals surface area contributed by atoms with Gasteiger partial charge in [0.05, 0.1) is 18.7 Å². The van der Waals surface area contributed by atoms with Crippen LogP contribution in [0, 0.1) is 0 Å². The summed E-state index contributed by atoms with van der Waals surface area (Å²) >= 11 is 6.06. The molecule has 164 valence electrons. The average Bonchev–Trinajstić information content (AvgIpc) is 3.02. The molecule has 0 aliphatic rings. The third kappa shape index (κ3) is 5.06. The second kappa shape index (κ2) is 8.57. The van der Waals surface area contributed by atoms with Crippen molar-refractivity contribution in [2.24, 2.45) is 0 Å². The number of ketones is 1. The number of aliphatic carboxylic acids is 1. The van der Waals surface area contributed by atoms with Gasteiger partial charge in [0, 0.05) is 27.7 Å². The second-order valence-corrected chi connectivity index (χ2v) is 14.4. The number of aromatic amines is 1. The fourth-order valence-electron chi connectivity index (χ4n) is 3.05. The van der Waals surface area contributed by atoms with Crippen molar-refractivity contribution in [2.45, 2.75) is 51.9 Å². The van der Waals surface area contributed by atoms with Gasteiger partial charge in [-0.25, -0.2) is 0 Å². The van der Waals surface area contributed by atoms with Gasteiger partial charge in [0.2, 0.25) is 5.78 Å². The molecular formula is C23H27ClN2O4Si. The maximum atomic E-state index is 13.3. The molecule has 2 aromatic heterocycles. The van der Waals surface area contributed by atoms with Gasteiger partial charge in [0.15, 0.2) is 8.32 Å². The van der Waals surface area contributed by atoms with E-state index in [2.05, 4.69) is 43.8 Å². The minimum atomic E-state index is -1.94. The molecular weight excluding hydrogens is 432 g/mol. The van der Waals surface area contributed by atoms with E-state index in [9.17, 15) is 14.7 Å². The van der Waals surface area contributed by atoms with E-state index in [0.29, 0.717) is 28.1 Å².